The quantitative estimate of drug-likeness (QED) is 0.287. The number of halogens is 3. The van der Waals surface area contributed by atoms with Gasteiger partial charge in [-0.05, 0) is 62.6 Å². The first-order valence-corrected chi connectivity index (χ1v) is 13.0. The molecule has 2 aromatic carbocycles. The first kappa shape index (κ1) is 31.0. The number of likely N-dealkylation sites (N-methyl/N-ethyl adjacent to an activating group) is 1. The zero-order valence-corrected chi connectivity index (χ0v) is 24.6. The Hall–Kier alpha value is -2.55. The van der Waals surface area contributed by atoms with Crippen LogP contribution in [0, 0.1) is 0 Å². The molecular weight excluding hydrogens is 555 g/mol. The molecule has 1 aliphatic heterocycles. The highest BCUT2D eigenvalue weighted by molar-refractivity contribution is 6.00. The smallest absolute Gasteiger partial charge is 0.146 e. The highest BCUT2D eigenvalue weighted by Crippen LogP contribution is 2.39. The lowest BCUT2D eigenvalue weighted by atomic mass is 9.89. The van der Waals surface area contributed by atoms with Crippen molar-refractivity contribution in [1.82, 2.24) is 24.3 Å². The molecule has 0 bridgehead atoms. The van der Waals surface area contributed by atoms with E-state index in [1.165, 1.54) is 19.3 Å². The van der Waals surface area contributed by atoms with Gasteiger partial charge in [0.05, 0.1) is 5.39 Å². The Kier molecular flexibility index (Phi) is 10.9. The summed E-state index contributed by atoms with van der Waals surface area (Å²) in [4.78, 5) is 14.2. The molecule has 1 saturated heterocycles. The summed E-state index contributed by atoms with van der Waals surface area (Å²) in [6, 6.07) is 19.1. The standard InChI is InChI=1S/C29H34N6O.3ClH/c1-33-14-16-34(17-15-33)22-6-5-7-23(18-22)35-19-26(27-28(30)31-20-32-29(27)35)21-10-12-25(13-11-21)36-24-8-3-2-4-9-24;;;/h2-4,8-13,19-20,22-23H,5-7,14-18H2,1H3,(H2,30,31,32);3*1H/t22-,23-;;;/m0.../s1. The second-order valence-corrected chi connectivity index (χ2v) is 10.2. The molecule has 2 N–H and O–H groups in total. The average Bonchev–Trinajstić information content (AvgIpc) is 3.31. The monoisotopic (exact) mass is 590 g/mol. The second kappa shape index (κ2) is 13.7. The molecule has 0 amide bonds. The van der Waals surface area contributed by atoms with Crippen molar-refractivity contribution >= 4 is 54.1 Å². The summed E-state index contributed by atoms with van der Waals surface area (Å²) in [5.41, 5.74) is 9.53. The molecule has 7 nitrogen and oxygen atoms in total. The molecular formula is C29H37Cl3N6O. The van der Waals surface area contributed by atoms with E-state index in [4.69, 9.17) is 15.5 Å². The van der Waals surface area contributed by atoms with Crippen LogP contribution in [-0.4, -0.2) is 63.6 Å². The third kappa shape index (κ3) is 6.61. The Balaban J connectivity index is 0.00000140. The second-order valence-electron chi connectivity index (χ2n) is 10.2. The van der Waals surface area contributed by atoms with Crippen molar-refractivity contribution in [1.29, 1.82) is 0 Å². The third-order valence-electron chi connectivity index (χ3n) is 7.85. The van der Waals surface area contributed by atoms with Gasteiger partial charge >= 0.3 is 0 Å². The molecule has 210 valence electrons. The first-order valence-electron chi connectivity index (χ1n) is 13.0. The van der Waals surface area contributed by atoms with E-state index in [0.29, 0.717) is 17.9 Å². The maximum Gasteiger partial charge on any atom is 0.146 e. The number of para-hydroxylation sites is 1. The number of nitrogens with two attached hydrogens (primary N) is 1. The van der Waals surface area contributed by atoms with Crippen molar-refractivity contribution in [2.45, 2.75) is 37.8 Å². The van der Waals surface area contributed by atoms with Crippen LogP contribution in [-0.2, 0) is 0 Å². The Morgan fingerprint density at radius 3 is 2.21 bits per heavy atom. The molecule has 0 spiro atoms. The zero-order valence-electron chi connectivity index (χ0n) is 22.1. The van der Waals surface area contributed by atoms with Gasteiger partial charge in [0.1, 0.15) is 29.3 Å². The molecule has 10 heteroatoms. The van der Waals surface area contributed by atoms with Gasteiger partial charge in [-0.25, -0.2) is 9.97 Å². The number of anilines is 1. The van der Waals surface area contributed by atoms with Gasteiger partial charge < -0.3 is 19.9 Å². The molecule has 39 heavy (non-hydrogen) atoms. The van der Waals surface area contributed by atoms with Crippen LogP contribution in [0.1, 0.15) is 31.7 Å². The number of nitrogen functional groups attached to an aromatic ring is 1. The first-order chi connectivity index (χ1) is 17.7. The highest BCUT2D eigenvalue weighted by Gasteiger charge is 2.30. The number of hydrogen-bond donors (Lipinski definition) is 1. The minimum atomic E-state index is 0. The van der Waals surface area contributed by atoms with Crippen LogP contribution >= 0.6 is 37.2 Å². The van der Waals surface area contributed by atoms with Crippen LogP contribution in [0.2, 0.25) is 0 Å². The normalized spacial score (nSPS) is 19.9. The lowest BCUT2D eigenvalue weighted by Gasteiger charge is -2.41. The van der Waals surface area contributed by atoms with Gasteiger partial charge in [0, 0.05) is 50.0 Å². The average molecular weight is 592 g/mol. The fraction of sp³-hybridized carbons (Fsp3) is 0.379. The molecule has 4 aromatic rings. The summed E-state index contributed by atoms with van der Waals surface area (Å²) in [6.45, 7) is 4.65. The number of ether oxygens (including phenoxy) is 1. The maximum atomic E-state index is 6.42. The summed E-state index contributed by atoms with van der Waals surface area (Å²) < 4.78 is 8.37. The molecule has 6 rings (SSSR count). The van der Waals surface area contributed by atoms with Crippen molar-refractivity contribution in [3.8, 4) is 22.6 Å². The van der Waals surface area contributed by atoms with Gasteiger partial charge in [0.25, 0.3) is 0 Å². The Bertz CT molecular complexity index is 1330. The summed E-state index contributed by atoms with van der Waals surface area (Å²) in [6.07, 6.45) is 8.69. The Labute approximate surface area is 249 Å². The number of fused-ring (bicyclic) bond motifs is 1. The van der Waals surface area contributed by atoms with E-state index in [-0.39, 0.29) is 37.2 Å². The summed E-state index contributed by atoms with van der Waals surface area (Å²) in [5, 5.41) is 0.941. The Morgan fingerprint density at radius 2 is 1.49 bits per heavy atom. The van der Waals surface area contributed by atoms with Gasteiger partial charge in [-0.2, -0.15) is 0 Å². The lowest BCUT2D eigenvalue weighted by molar-refractivity contribution is 0.0791. The van der Waals surface area contributed by atoms with Crippen molar-refractivity contribution in [3.63, 3.8) is 0 Å². The van der Waals surface area contributed by atoms with Gasteiger partial charge in [-0.15, -0.1) is 37.2 Å². The molecule has 1 saturated carbocycles. The van der Waals surface area contributed by atoms with E-state index in [0.717, 1.165) is 66.3 Å². The number of nitrogens with zero attached hydrogens (tertiary/aromatic N) is 5. The lowest BCUT2D eigenvalue weighted by Crippen LogP contribution is -2.50. The molecule has 2 aromatic heterocycles. The van der Waals surface area contributed by atoms with Gasteiger partial charge in [0.2, 0.25) is 0 Å². The predicted octanol–water partition coefficient (Wildman–Crippen LogP) is 6.47. The minimum absolute atomic E-state index is 0. The fourth-order valence-electron chi connectivity index (χ4n) is 5.84. The topological polar surface area (TPSA) is 72.4 Å². The number of rotatable bonds is 5. The van der Waals surface area contributed by atoms with Gasteiger partial charge in [-0.3, -0.25) is 4.90 Å². The van der Waals surface area contributed by atoms with Crippen LogP contribution in [0.15, 0.2) is 67.1 Å². The number of aromatic nitrogens is 3. The molecule has 0 unspecified atom stereocenters. The van der Waals surface area contributed by atoms with Crippen molar-refractivity contribution < 1.29 is 4.74 Å². The van der Waals surface area contributed by atoms with Crippen LogP contribution in [0.25, 0.3) is 22.2 Å². The summed E-state index contributed by atoms with van der Waals surface area (Å²) in [7, 11) is 2.22. The van der Waals surface area contributed by atoms with Crippen molar-refractivity contribution in [2.75, 3.05) is 39.0 Å². The van der Waals surface area contributed by atoms with E-state index in [2.05, 4.69) is 44.7 Å². The summed E-state index contributed by atoms with van der Waals surface area (Å²) >= 11 is 0. The molecule has 1 aliphatic carbocycles. The third-order valence-corrected chi connectivity index (χ3v) is 7.85. The van der Waals surface area contributed by atoms with Crippen molar-refractivity contribution in [3.05, 3.63) is 67.1 Å². The Morgan fingerprint density at radius 1 is 0.821 bits per heavy atom. The SMILES string of the molecule is CN1CCN([C@H]2CCC[C@H](n3cc(-c4ccc(Oc5ccccc5)cc4)c4c(N)ncnc43)C2)CC1.Cl.Cl.Cl. The van der Waals surface area contributed by atoms with Crippen LogP contribution in [0.3, 0.4) is 0 Å². The fourth-order valence-corrected chi connectivity index (χ4v) is 5.84. The number of benzene rings is 2. The molecule has 2 fully saturated rings. The van der Waals surface area contributed by atoms with Crippen LogP contribution in [0.5, 0.6) is 11.5 Å². The van der Waals surface area contributed by atoms with Crippen LogP contribution < -0.4 is 10.5 Å². The van der Waals surface area contributed by atoms with E-state index in [9.17, 15) is 0 Å². The molecule has 3 heterocycles. The van der Waals surface area contributed by atoms with E-state index in [1.807, 2.05) is 42.5 Å². The number of piperazine rings is 1. The van der Waals surface area contributed by atoms with E-state index < -0.39 is 0 Å². The van der Waals surface area contributed by atoms with E-state index >= 15 is 0 Å². The molecule has 2 atom stereocenters. The van der Waals surface area contributed by atoms with Crippen LogP contribution in [0.4, 0.5) is 5.82 Å². The van der Waals surface area contributed by atoms with Gasteiger partial charge in [-0.1, -0.05) is 30.3 Å². The van der Waals surface area contributed by atoms with Crippen molar-refractivity contribution in [2.24, 2.45) is 0 Å². The van der Waals surface area contributed by atoms with Gasteiger partial charge in [0.15, 0.2) is 0 Å². The zero-order chi connectivity index (χ0) is 24.5. The minimum Gasteiger partial charge on any atom is -0.457 e. The largest absolute Gasteiger partial charge is 0.457 e. The summed E-state index contributed by atoms with van der Waals surface area (Å²) in [5.74, 6) is 2.16. The highest BCUT2D eigenvalue weighted by atomic mass is 35.5. The number of hydrogen-bond acceptors (Lipinski definition) is 6. The van der Waals surface area contributed by atoms with E-state index in [1.54, 1.807) is 6.33 Å². The molecule has 0 radical (unpaired) electrons. The predicted molar refractivity (Wildman–Crippen MR) is 166 cm³/mol. The molecule has 2 aliphatic rings. The maximum absolute atomic E-state index is 6.42.